The van der Waals surface area contributed by atoms with Crippen molar-refractivity contribution in [3.8, 4) is 0 Å². The Bertz CT molecular complexity index is 371. The fourth-order valence-electron chi connectivity index (χ4n) is 1.55. The van der Waals surface area contributed by atoms with Crippen LogP contribution in [-0.2, 0) is 16.1 Å². The van der Waals surface area contributed by atoms with Crippen molar-refractivity contribution in [1.82, 2.24) is 4.90 Å². The summed E-state index contributed by atoms with van der Waals surface area (Å²) in [6.45, 7) is 1.70. The lowest BCUT2D eigenvalue weighted by molar-refractivity contribution is -0.119. The van der Waals surface area contributed by atoms with Gasteiger partial charge in [0.1, 0.15) is 5.82 Å². The van der Waals surface area contributed by atoms with Gasteiger partial charge < -0.3 is 10.5 Å². The van der Waals surface area contributed by atoms with Crippen molar-refractivity contribution in [3.05, 3.63) is 35.6 Å². The molecule has 0 aliphatic carbocycles. The molecule has 1 amide bonds. The molecule has 0 aliphatic rings. The molecular formula is C12H17FN2O2. The zero-order valence-electron chi connectivity index (χ0n) is 9.86. The van der Waals surface area contributed by atoms with Gasteiger partial charge in [0.2, 0.25) is 5.91 Å². The third kappa shape index (κ3) is 5.42. The first-order valence-electron chi connectivity index (χ1n) is 5.36. The van der Waals surface area contributed by atoms with E-state index in [1.54, 1.807) is 13.2 Å². The number of nitrogens with zero attached hydrogens (tertiary/aromatic N) is 1. The quantitative estimate of drug-likeness (QED) is 0.765. The topological polar surface area (TPSA) is 55.6 Å². The molecule has 0 bridgehead atoms. The molecule has 0 aromatic heterocycles. The average molecular weight is 240 g/mol. The van der Waals surface area contributed by atoms with E-state index in [0.717, 1.165) is 5.56 Å². The van der Waals surface area contributed by atoms with E-state index in [4.69, 9.17) is 10.5 Å². The first-order valence-corrected chi connectivity index (χ1v) is 5.36. The van der Waals surface area contributed by atoms with Crippen LogP contribution >= 0.6 is 0 Å². The van der Waals surface area contributed by atoms with Crippen molar-refractivity contribution in [2.24, 2.45) is 5.73 Å². The molecule has 0 spiro atoms. The maximum absolute atomic E-state index is 13.0. The molecule has 0 radical (unpaired) electrons. The zero-order valence-corrected chi connectivity index (χ0v) is 9.86. The van der Waals surface area contributed by atoms with E-state index in [0.29, 0.717) is 19.7 Å². The maximum Gasteiger partial charge on any atom is 0.231 e. The van der Waals surface area contributed by atoms with Gasteiger partial charge in [-0.15, -0.1) is 0 Å². The molecule has 17 heavy (non-hydrogen) atoms. The lowest BCUT2D eigenvalue weighted by Gasteiger charge is -2.20. The lowest BCUT2D eigenvalue weighted by Crippen LogP contribution is -2.35. The molecule has 0 saturated carbocycles. The standard InChI is InChI=1S/C12H17FN2O2/c1-17-6-5-15(9-12(14)16)8-10-3-2-4-11(13)7-10/h2-4,7H,5-6,8-9H2,1H3,(H2,14,16). The number of ether oxygens (including phenoxy) is 1. The Labute approximate surface area is 100 Å². The van der Waals surface area contributed by atoms with Gasteiger partial charge in [-0.2, -0.15) is 0 Å². The second-order valence-electron chi connectivity index (χ2n) is 3.80. The highest BCUT2D eigenvalue weighted by atomic mass is 19.1. The fourth-order valence-corrected chi connectivity index (χ4v) is 1.55. The predicted octanol–water partition coefficient (Wildman–Crippen LogP) is 0.759. The molecule has 1 aromatic rings. The first kappa shape index (κ1) is 13.6. The Morgan fingerprint density at radius 2 is 2.29 bits per heavy atom. The number of amides is 1. The maximum atomic E-state index is 13.0. The van der Waals surface area contributed by atoms with Gasteiger partial charge in [-0.05, 0) is 17.7 Å². The highest BCUT2D eigenvalue weighted by Crippen LogP contribution is 2.07. The van der Waals surface area contributed by atoms with E-state index < -0.39 is 5.91 Å². The number of hydrogen-bond donors (Lipinski definition) is 1. The molecule has 0 atom stereocenters. The summed E-state index contributed by atoms with van der Waals surface area (Å²) in [6, 6.07) is 6.28. The van der Waals surface area contributed by atoms with Crippen molar-refractivity contribution in [2.75, 3.05) is 26.8 Å². The van der Waals surface area contributed by atoms with Gasteiger partial charge >= 0.3 is 0 Å². The number of methoxy groups -OCH3 is 1. The van der Waals surface area contributed by atoms with Crippen LogP contribution in [0.4, 0.5) is 4.39 Å². The molecule has 2 N–H and O–H groups in total. The van der Waals surface area contributed by atoms with Crippen LogP contribution in [0.15, 0.2) is 24.3 Å². The molecule has 1 rings (SSSR count). The van der Waals surface area contributed by atoms with E-state index in [1.807, 2.05) is 11.0 Å². The summed E-state index contributed by atoms with van der Waals surface area (Å²) >= 11 is 0. The van der Waals surface area contributed by atoms with Gasteiger partial charge in [-0.3, -0.25) is 9.69 Å². The van der Waals surface area contributed by atoms with E-state index in [9.17, 15) is 9.18 Å². The number of halogens is 1. The average Bonchev–Trinajstić information content (AvgIpc) is 2.25. The van der Waals surface area contributed by atoms with Crippen LogP contribution in [0.25, 0.3) is 0 Å². The zero-order chi connectivity index (χ0) is 12.7. The molecule has 0 aliphatic heterocycles. The van der Waals surface area contributed by atoms with Crippen LogP contribution in [0.5, 0.6) is 0 Å². The summed E-state index contributed by atoms with van der Waals surface area (Å²) in [5.74, 6) is -0.689. The molecule has 0 saturated heterocycles. The SMILES string of the molecule is COCCN(CC(N)=O)Cc1cccc(F)c1. The monoisotopic (exact) mass is 240 g/mol. The van der Waals surface area contributed by atoms with Crippen molar-refractivity contribution >= 4 is 5.91 Å². The summed E-state index contributed by atoms with van der Waals surface area (Å²) in [5, 5.41) is 0. The third-order valence-corrected chi connectivity index (χ3v) is 2.29. The Morgan fingerprint density at radius 3 is 2.88 bits per heavy atom. The van der Waals surface area contributed by atoms with Crippen molar-refractivity contribution in [3.63, 3.8) is 0 Å². The second kappa shape index (κ2) is 6.98. The minimum atomic E-state index is -0.405. The van der Waals surface area contributed by atoms with E-state index >= 15 is 0 Å². The fraction of sp³-hybridized carbons (Fsp3) is 0.417. The molecule has 0 heterocycles. The van der Waals surface area contributed by atoms with Gasteiger partial charge in [0.15, 0.2) is 0 Å². The summed E-state index contributed by atoms with van der Waals surface area (Å²) in [4.78, 5) is 12.7. The Kier molecular flexibility index (Phi) is 5.59. The molecule has 1 aromatic carbocycles. The smallest absolute Gasteiger partial charge is 0.231 e. The van der Waals surface area contributed by atoms with E-state index in [-0.39, 0.29) is 12.4 Å². The third-order valence-electron chi connectivity index (χ3n) is 2.29. The summed E-state index contributed by atoms with van der Waals surface area (Å²) in [5.41, 5.74) is 5.96. The number of carbonyl (C=O) groups is 1. The summed E-state index contributed by atoms with van der Waals surface area (Å²) < 4.78 is 17.9. The van der Waals surface area contributed by atoms with Crippen LogP contribution in [0, 0.1) is 5.82 Å². The predicted molar refractivity (Wildman–Crippen MR) is 62.7 cm³/mol. The Hall–Kier alpha value is -1.46. The Morgan fingerprint density at radius 1 is 1.53 bits per heavy atom. The van der Waals surface area contributed by atoms with Gasteiger partial charge in [0, 0.05) is 20.2 Å². The number of benzene rings is 1. The highest BCUT2D eigenvalue weighted by Gasteiger charge is 2.09. The largest absolute Gasteiger partial charge is 0.383 e. The van der Waals surface area contributed by atoms with E-state index in [2.05, 4.69) is 0 Å². The van der Waals surface area contributed by atoms with Gasteiger partial charge in [-0.25, -0.2) is 4.39 Å². The van der Waals surface area contributed by atoms with Crippen LogP contribution in [-0.4, -0.2) is 37.6 Å². The van der Waals surface area contributed by atoms with Crippen LogP contribution < -0.4 is 5.73 Å². The highest BCUT2D eigenvalue weighted by molar-refractivity contribution is 5.75. The normalized spacial score (nSPS) is 10.8. The molecule has 0 unspecified atom stereocenters. The van der Waals surface area contributed by atoms with Crippen molar-refractivity contribution in [1.29, 1.82) is 0 Å². The minimum absolute atomic E-state index is 0.139. The minimum Gasteiger partial charge on any atom is -0.383 e. The first-order chi connectivity index (χ1) is 8.11. The van der Waals surface area contributed by atoms with Crippen LogP contribution in [0.2, 0.25) is 0 Å². The van der Waals surface area contributed by atoms with Gasteiger partial charge in [0.25, 0.3) is 0 Å². The summed E-state index contributed by atoms with van der Waals surface area (Å²) in [6.07, 6.45) is 0. The second-order valence-corrected chi connectivity index (χ2v) is 3.80. The molecular weight excluding hydrogens is 223 g/mol. The van der Waals surface area contributed by atoms with Gasteiger partial charge in [0.05, 0.1) is 13.2 Å². The Balaban J connectivity index is 2.61. The number of primary amides is 1. The number of hydrogen-bond acceptors (Lipinski definition) is 3. The number of carbonyl (C=O) groups excluding carboxylic acids is 1. The molecule has 4 nitrogen and oxygen atoms in total. The number of rotatable bonds is 7. The van der Waals surface area contributed by atoms with Crippen molar-refractivity contribution < 1.29 is 13.9 Å². The molecule has 94 valence electrons. The molecule has 5 heteroatoms. The van der Waals surface area contributed by atoms with E-state index in [1.165, 1.54) is 12.1 Å². The number of nitrogens with two attached hydrogens (primary N) is 1. The van der Waals surface area contributed by atoms with Crippen LogP contribution in [0.1, 0.15) is 5.56 Å². The van der Waals surface area contributed by atoms with Gasteiger partial charge in [-0.1, -0.05) is 12.1 Å². The summed E-state index contributed by atoms with van der Waals surface area (Å²) in [7, 11) is 1.59. The van der Waals surface area contributed by atoms with Crippen molar-refractivity contribution in [2.45, 2.75) is 6.54 Å². The van der Waals surface area contributed by atoms with Crippen LogP contribution in [0.3, 0.4) is 0 Å². The lowest BCUT2D eigenvalue weighted by atomic mass is 10.2. The molecule has 0 fully saturated rings.